The van der Waals surface area contributed by atoms with Gasteiger partial charge in [-0.2, -0.15) is 0 Å². The Bertz CT molecular complexity index is 376. The standard InChI is InChI=1S/C16H29N3/c1-15(2,3)12-7-8-14(17-9-12)19-10-13(11-19)18-16(4,5)6/h7-9,13-14,17-18H,10-11H2,1-6H3. The molecule has 2 aliphatic heterocycles. The molecule has 0 amide bonds. The van der Waals surface area contributed by atoms with Gasteiger partial charge in [0.1, 0.15) is 0 Å². The quantitative estimate of drug-likeness (QED) is 0.801. The van der Waals surface area contributed by atoms with E-state index >= 15 is 0 Å². The van der Waals surface area contributed by atoms with Crippen molar-refractivity contribution in [3.8, 4) is 0 Å². The van der Waals surface area contributed by atoms with Crippen LogP contribution in [-0.4, -0.2) is 35.7 Å². The van der Waals surface area contributed by atoms with E-state index in [-0.39, 0.29) is 11.0 Å². The molecule has 0 aromatic rings. The van der Waals surface area contributed by atoms with Gasteiger partial charge in [0.2, 0.25) is 0 Å². The van der Waals surface area contributed by atoms with Crippen LogP contribution in [0.4, 0.5) is 0 Å². The van der Waals surface area contributed by atoms with Crippen molar-refractivity contribution in [2.24, 2.45) is 5.41 Å². The minimum atomic E-state index is 0.214. The number of nitrogens with zero attached hydrogens (tertiary/aromatic N) is 1. The molecule has 3 nitrogen and oxygen atoms in total. The predicted octanol–water partition coefficient (Wildman–Crippen LogP) is 2.47. The highest BCUT2D eigenvalue weighted by Gasteiger charge is 2.33. The van der Waals surface area contributed by atoms with E-state index in [9.17, 15) is 0 Å². The maximum absolute atomic E-state index is 3.65. The zero-order valence-electron chi connectivity index (χ0n) is 13.2. The maximum atomic E-state index is 3.65. The Labute approximate surface area is 118 Å². The maximum Gasteiger partial charge on any atom is 0.0986 e. The average molecular weight is 263 g/mol. The molecule has 108 valence electrons. The first-order chi connectivity index (χ1) is 8.65. The molecule has 2 rings (SSSR count). The number of hydrogen-bond acceptors (Lipinski definition) is 3. The minimum Gasteiger partial charge on any atom is -0.372 e. The molecule has 2 aliphatic rings. The summed E-state index contributed by atoms with van der Waals surface area (Å²) in [4.78, 5) is 2.47. The van der Waals surface area contributed by atoms with Gasteiger partial charge in [-0.3, -0.25) is 4.90 Å². The highest BCUT2D eigenvalue weighted by Crippen LogP contribution is 2.28. The molecule has 19 heavy (non-hydrogen) atoms. The van der Waals surface area contributed by atoms with Crippen molar-refractivity contribution in [2.75, 3.05) is 13.1 Å². The molecule has 0 aromatic carbocycles. The van der Waals surface area contributed by atoms with Gasteiger partial charge >= 0.3 is 0 Å². The zero-order chi connectivity index (χ0) is 14.3. The lowest BCUT2D eigenvalue weighted by Crippen LogP contribution is -2.66. The van der Waals surface area contributed by atoms with E-state index in [0.29, 0.717) is 12.2 Å². The molecule has 1 saturated heterocycles. The van der Waals surface area contributed by atoms with Crippen LogP contribution in [0.15, 0.2) is 23.9 Å². The molecular formula is C16H29N3. The topological polar surface area (TPSA) is 27.3 Å². The summed E-state index contributed by atoms with van der Waals surface area (Å²) in [5.74, 6) is 0. The molecule has 0 saturated carbocycles. The first-order valence-electron chi connectivity index (χ1n) is 7.32. The molecule has 1 unspecified atom stereocenters. The van der Waals surface area contributed by atoms with Crippen LogP contribution < -0.4 is 10.6 Å². The molecule has 1 atom stereocenters. The van der Waals surface area contributed by atoms with Crippen LogP contribution in [0, 0.1) is 5.41 Å². The van der Waals surface area contributed by atoms with Gasteiger partial charge in [0.15, 0.2) is 0 Å². The van der Waals surface area contributed by atoms with Crippen molar-refractivity contribution in [2.45, 2.75) is 59.3 Å². The third-order valence-corrected chi connectivity index (χ3v) is 3.67. The minimum absolute atomic E-state index is 0.214. The summed E-state index contributed by atoms with van der Waals surface area (Å²) < 4.78 is 0. The first kappa shape index (κ1) is 14.6. The SMILES string of the molecule is CC(C)(C)NC1CN(C2C=CC(C(C)(C)C)=CN2)C1. The zero-order valence-corrected chi connectivity index (χ0v) is 13.2. The molecule has 0 aromatic heterocycles. The second-order valence-electron chi connectivity index (χ2n) is 7.87. The molecule has 2 heterocycles. The van der Waals surface area contributed by atoms with Gasteiger partial charge in [0.05, 0.1) is 6.17 Å². The lowest BCUT2D eigenvalue weighted by atomic mass is 9.86. The Morgan fingerprint density at radius 3 is 2.21 bits per heavy atom. The molecule has 3 heteroatoms. The molecule has 0 aliphatic carbocycles. The molecule has 2 N–H and O–H groups in total. The third-order valence-electron chi connectivity index (χ3n) is 3.67. The summed E-state index contributed by atoms with van der Waals surface area (Å²) in [5.41, 5.74) is 1.81. The van der Waals surface area contributed by atoms with E-state index in [4.69, 9.17) is 0 Å². The van der Waals surface area contributed by atoms with Crippen LogP contribution in [0.3, 0.4) is 0 Å². The molecule has 0 spiro atoms. The third kappa shape index (κ3) is 3.83. The number of dihydropyridines is 1. The Kier molecular flexibility index (Phi) is 3.80. The van der Waals surface area contributed by atoms with Gasteiger partial charge in [-0.25, -0.2) is 0 Å². The highest BCUT2D eigenvalue weighted by atomic mass is 15.3. The average Bonchev–Trinajstić information content (AvgIpc) is 2.20. The van der Waals surface area contributed by atoms with E-state index in [1.807, 2.05) is 0 Å². The Balaban J connectivity index is 1.80. The fourth-order valence-corrected chi connectivity index (χ4v) is 2.61. The summed E-state index contributed by atoms with van der Waals surface area (Å²) in [6.07, 6.45) is 7.10. The summed E-state index contributed by atoms with van der Waals surface area (Å²) in [7, 11) is 0. The van der Waals surface area contributed by atoms with E-state index < -0.39 is 0 Å². The largest absolute Gasteiger partial charge is 0.372 e. The van der Waals surface area contributed by atoms with Gasteiger partial charge in [-0.15, -0.1) is 0 Å². The smallest absolute Gasteiger partial charge is 0.0986 e. The second kappa shape index (κ2) is 4.95. The Hall–Kier alpha value is -0.800. The molecule has 0 radical (unpaired) electrons. The molecule has 0 bridgehead atoms. The number of rotatable bonds is 2. The lowest BCUT2D eigenvalue weighted by Gasteiger charge is -2.47. The predicted molar refractivity (Wildman–Crippen MR) is 81.9 cm³/mol. The van der Waals surface area contributed by atoms with Gasteiger partial charge in [-0.1, -0.05) is 26.8 Å². The first-order valence-corrected chi connectivity index (χ1v) is 7.32. The van der Waals surface area contributed by atoms with Crippen LogP contribution in [-0.2, 0) is 0 Å². The Morgan fingerprint density at radius 1 is 1.16 bits per heavy atom. The van der Waals surface area contributed by atoms with E-state index in [1.165, 1.54) is 5.57 Å². The van der Waals surface area contributed by atoms with Gasteiger partial charge in [0, 0.05) is 30.9 Å². The number of likely N-dealkylation sites (tertiary alicyclic amines) is 1. The van der Waals surface area contributed by atoms with E-state index in [0.717, 1.165) is 13.1 Å². The fourth-order valence-electron chi connectivity index (χ4n) is 2.61. The van der Waals surface area contributed by atoms with Crippen molar-refractivity contribution in [1.82, 2.24) is 15.5 Å². The van der Waals surface area contributed by atoms with Crippen molar-refractivity contribution >= 4 is 0 Å². The number of allylic oxidation sites excluding steroid dienone is 2. The lowest BCUT2D eigenvalue weighted by molar-refractivity contribution is 0.0725. The van der Waals surface area contributed by atoms with Crippen LogP contribution in [0.25, 0.3) is 0 Å². The van der Waals surface area contributed by atoms with Crippen LogP contribution in [0.2, 0.25) is 0 Å². The van der Waals surface area contributed by atoms with Crippen LogP contribution in [0.5, 0.6) is 0 Å². The number of nitrogens with one attached hydrogen (secondary N) is 2. The highest BCUT2D eigenvalue weighted by molar-refractivity contribution is 5.29. The summed E-state index contributed by atoms with van der Waals surface area (Å²) >= 11 is 0. The molecule has 1 fully saturated rings. The van der Waals surface area contributed by atoms with Gasteiger partial charge in [0.25, 0.3) is 0 Å². The van der Waals surface area contributed by atoms with Crippen molar-refractivity contribution in [1.29, 1.82) is 0 Å². The second-order valence-corrected chi connectivity index (χ2v) is 7.87. The van der Waals surface area contributed by atoms with Crippen molar-refractivity contribution < 1.29 is 0 Å². The van der Waals surface area contributed by atoms with Crippen molar-refractivity contribution in [3.63, 3.8) is 0 Å². The monoisotopic (exact) mass is 263 g/mol. The van der Waals surface area contributed by atoms with Gasteiger partial charge in [-0.05, 0) is 37.8 Å². The number of hydrogen-bond donors (Lipinski definition) is 2. The molecular weight excluding hydrogens is 234 g/mol. The normalized spacial score (nSPS) is 25.8. The van der Waals surface area contributed by atoms with E-state index in [2.05, 4.69) is 75.4 Å². The Morgan fingerprint density at radius 2 is 1.79 bits per heavy atom. The summed E-state index contributed by atoms with van der Waals surface area (Å²) in [6.45, 7) is 15.7. The van der Waals surface area contributed by atoms with Crippen molar-refractivity contribution in [3.05, 3.63) is 23.9 Å². The van der Waals surface area contributed by atoms with Gasteiger partial charge < -0.3 is 10.6 Å². The fraction of sp³-hybridized carbons (Fsp3) is 0.750. The van der Waals surface area contributed by atoms with Crippen LogP contribution in [0.1, 0.15) is 41.5 Å². The summed E-state index contributed by atoms with van der Waals surface area (Å²) in [6, 6.07) is 0.628. The van der Waals surface area contributed by atoms with E-state index in [1.54, 1.807) is 0 Å². The van der Waals surface area contributed by atoms with Crippen LogP contribution >= 0.6 is 0 Å². The summed E-state index contributed by atoms with van der Waals surface area (Å²) in [5, 5.41) is 7.16.